The number of rotatable bonds is 11. The Balaban J connectivity index is 1.63. The van der Waals surface area contributed by atoms with Crippen molar-refractivity contribution in [3.8, 4) is 5.75 Å². The van der Waals surface area contributed by atoms with Gasteiger partial charge in [0.25, 0.3) is 25.7 Å². The fourth-order valence-electron chi connectivity index (χ4n) is 3.90. The van der Waals surface area contributed by atoms with Gasteiger partial charge in [0.15, 0.2) is 0 Å². The van der Waals surface area contributed by atoms with Crippen molar-refractivity contribution in [1.29, 1.82) is 0 Å². The third kappa shape index (κ3) is 7.20. The smallest absolute Gasteiger partial charge is 0.273 e. The molecule has 0 aliphatic rings. The van der Waals surface area contributed by atoms with Crippen LogP contribution in [0.5, 0.6) is 5.75 Å². The Labute approximate surface area is 252 Å². The topological polar surface area (TPSA) is 178 Å². The quantitative estimate of drug-likeness (QED) is 0.174. The highest BCUT2D eigenvalue weighted by atomic mass is 35.5. The van der Waals surface area contributed by atoms with Crippen molar-refractivity contribution in [3.63, 3.8) is 0 Å². The van der Waals surface area contributed by atoms with Crippen LogP contribution in [0.3, 0.4) is 0 Å². The molecule has 2 N–H and O–H groups in total. The molecule has 3 aromatic carbocycles. The molecule has 0 bridgehead atoms. The number of anilines is 3. The van der Waals surface area contributed by atoms with E-state index >= 15 is 0 Å². The summed E-state index contributed by atoms with van der Waals surface area (Å²) in [7, 11) is -7.26. The van der Waals surface area contributed by atoms with Gasteiger partial charge in [-0.15, -0.1) is 0 Å². The molecule has 0 radical (unpaired) electrons. The second kappa shape index (κ2) is 12.6. The molecule has 1 heterocycles. The lowest BCUT2D eigenvalue weighted by atomic mass is 10.2. The van der Waals surface area contributed by atoms with Crippen LogP contribution in [0.2, 0.25) is 5.02 Å². The Bertz CT molecular complexity index is 1890. The summed E-state index contributed by atoms with van der Waals surface area (Å²) in [4.78, 5) is 27.3. The van der Waals surface area contributed by atoms with Crippen LogP contribution in [-0.2, 0) is 24.8 Å². The minimum atomic E-state index is -4.58. The molecule has 1 amide bonds. The summed E-state index contributed by atoms with van der Waals surface area (Å²) < 4.78 is 61.4. The molecular formula is C27H24ClN5O8S2. The first kappa shape index (κ1) is 31.2. The summed E-state index contributed by atoms with van der Waals surface area (Å²) in [5, 5.41) is 14.2. The summed E-state index contributed by atoms with van der Waals surface area (Å²) in [6, 6.07) is 17.4. The van der Waals surface area contributed by atoms with Crippen LogP contribution >= 0.6 is 11.6 Å². The molecule has 13 nitrogen and oxygen atoms in total. The maximum Gasteiger partial charge on any atom is 0.273 e. The van der Waals surface area contributed by atoms with E-state index in [4.69, 9.17) is 16.3 Å². The number of aryl methyl sites for hydroxylation is 1. The van der Waals surface area contributed by atoms with Crippen molar-refractivity contribution in [2.45, 2.75) is 16.7 Å². The molecule has 0 aliphatic heterocycles. The summed E-state index contributed by atoms with van der Waals surface area (Å²) in [5.41, 5.74) is -0.0935. The van der Waals surface area contributed by atoms with Crippen molar-refractivity contribution >= 4 is 60.4 Å². The first-order valence-electron chi connectivity index (χ1n) is 12.3. The average molecular weight is 646 g/mol. The number of pyridine rings is 1. The number of carbonyl (C=O) groups is 1. The predicted molar refractivity (Wildman–Crippen MR) is 160 cm³/mol. The highest BCUT2D eigenvalue weighted by molar-refractivity contribution is 7.93. The molecule has 0 atom stereocenters. The number of carbonyl (C=O) groups excluding carboxylic acids is 1. The number of hydrogen-bond donors (Lipinski definition) is 2. The number of halogens is 1. The number of nitrogens with one attached hydrogen (secondary N) is 2. The third-order valence-corrected chi connectivity index (χ3v) is 9.38. The van der Waals surface area contributed by atoms with E-state index in [9.17, 15) is 31.7 Å². The molecule has 4 rings (SSSR count). The van der Waals surface area contributed by atoms with Gasteiger partial charge in [-0.2, -0.15) is 0 Å². The number of sulfonamides is 2. The van der Waals surface area contributed by atoms with E-state index in [1.54, 1.807) is 12.1 Å². The van der Waals surface area contributed by atoms with Crippen molar-refractivity contribution in [1.82, 2.24) is 4.98 Å². The lowest BCUT2D eigenvalue weighted by Gasteiger charge is -2.26. The second-order valence-electron chi connectivity index (χ2n) is 8.93. The molecule has 0 saturated heterocycles. The van der Waals surface area contributed by atoms with E-state index in [1.807, 2.05) is 0 Å². The number of benzene rings is 3. The van der Waals surface area contributed by atoms with E-state index in [1.165, 1.54) is 80.9 Å². The minimum Gasteiger partial charge on any atom is -0.495 e. The SMILES string of the molecule is COc1ccc(Cl)cc1N(CC(=O)Nc1ccc(S(=O)(=O)Nc2ccccn2)cc1)S(=O)(=O)c1ccc(C)c([N+](=O)[O-])c1. The molecule has 4 aromatic rings. The van der Waals surface area contributed by atoms with Gasteiger partial charge < -0.3 is 10.1 Å². The highest BCUT2D eigenvalue weighted by Gasteiger charge is 2.31. The zero-order chi connectivity index (χ0) is 31.4. The Morgan fingerprint density at radius 3 is 2.33 bits per heavy atom. The number of hydrogen-bond acceptors (Lipinski definition) is 9. The van der Waals surface area contributed by atoms with E-state index < -0.39 is 48.0 Å². The van der Waals surface area contributed by atoms with Gasteiger partial charge in [0, 0.05) is 28.5 Å². The summed E-state index contributed by atoms with van der Waals surface area (Å²) in [5.74, 6) is -0.622. The van der Waals surface area contributed by atoms with Crippen molar-refractivity contribution in [3.05, 3.63) is 106 Å². The van der Waals surface area contributed by atoms with Crippen molar-refractivity contribution in [2.75, 3.05) is 28.0 Å². The summed E-state index contributed by atoms with van der Waals surface area (Å²) in [6.45, 7) is 0.673. The number of nitrogens with zero attached hydrogens (tertiary/aromatic N) is 3. The lowest BCUT2D eigenvalue weighted by Crippen LogP contribution is -2.38. The molecule has 0 unspecified atom stereocenters. The van der Waals surface area contributed by atoms with Crippen LogP contribution in [0, 0.1) is 17.0 Å². The van der Waals surface area contributed by atoms with Crippen LogP contribution < -0.4 is 19.1 Å². The molecule has 1 aromatic heterocycles. The van der Waals surface area contributed by atoms with E-state index in [2.05, 4.69) is 15.0 Å². The zero-order valence-electron chi connectivity index (χ0n) is 22.6. The Kier molecular flexibility index (Phi) is 9.18. The number of nitro benzene ring substituents is 1. The molecule has 0 spiro atoms. The second-order valence-corrected chi connectivity index (χ2v) is 12.9. The van der Waals surface area contributed by atoms with Gasteiger partial charge in [-0.25, -0.2) is 21.8 Å². The van der Waals surface area contributed by atoms with Crippen LogP contribution in [0.15, 0.2) is 94.9 Å². The average Bonchev–Trinajstić information content (AvgIpc) is 2.96. The maximum atomic E-state index is 13.8. The molecular weight excluding hydrogens is 622 g/mol. The maximum absolute atomic E-state index is 13.8. The Morgan fingerprint density at radius 1 is 1.00 bits per heavy atom. The molecule has 224 valence electrons. The number of nitro groups is 1. The van der Waals surface area contributed by atoms with Crippen LogP contribution in [0.4, 0.5) is 22.9 Å². The third-order valence-electron chi connectivity index (χ3n) is 6.01. The van der Waals surface area contributed by atoms with Gasteiger partial charge in [-0.3, -0.25) is 23.9 Å². The number of amides is 1. The van der Waals surface area contributed by atoms with Gasteiger partial charge in [-0.1, -0.05) is 23.7 Å². The van der Waals surface area contributed by atoms with Gasteiger partial charge in [0.1, 0.15) is 18.1 Å². The van der Waals surface area contributed by atoms with Crippen LogP contribution in [-0.4, -0.2) is 46.3 Å². The van der Waals surface area contributed by atoms with Gasteiger partial charge in [-0.05, 0) is 67.6 Å². The largest absolute Gasteiger partial charge is 0.495 e. The highest BCUT2D eigenvalue weighted by Crippen LogP contribution is 2.36. The fourth-order valence-corrected chi connectivity index (χ4v) is 6.52. The fraction of sp³-hybridized carbons (Fsp3) is 0.111. The number of aromatic nitrogens is 1. The minimum absolute atomic E-state index is 0.0670. The van der Waals surface area contributed by atoms with Gasteiger partial charge in [0.2, 0.25) is 5.91 Å². The lowest BCUT2D eigenvalue weighted by molar-refractivity contribution is -0.385. The van der Waals surface area contributed by atoms with E-state index in [0.29, 0.717) is 0 Å². The molecule has 43 heavy (non-hydrogen) atoms. The van der Waals surface area contributed by atoms with E-state index in [0.717, 1.165) is 10.4 Å². The normalized spacial score (nSPS) is 11.4. The first-order chi connectivity index (χ1) is 20.3. The van der Waals surface area contributed by atoms with Crippen LogP contribution in [0.25, 0.3) is 0 Å². The standard InChI is InChI=1S/C27H24ClN5O8S2/c1-18-6-10-22(16-23(18)33(35)36)43(39,40)32(24-15-19(28)7-13-25(24)41-2)17-27(34)30-20-8-11-21(12-9-20)42(37,38)31-26-5-3-4-14-29-26/h3-16H,17H2,1-2H3,(H,29,31)(H,30,34). The predicted octanol–water partition coefficient (Wildman–Crippen LogP) is 4.60. The number of methoxy groups -OCH3 is 1. The van der Waals surface area contributed by atoms with Crippen molar-refractivity contribution in [2.24, 2.45) is 0 Å². The Morgan fingerprint density at radius 2 is 1.70 bits per heavy atom. The molecule has 0 aliphatic carbocycles. The monoisotopic (exact) mass is 645 g/mol. The zero-order valence-corrected chi connectivity index (χ0v) is 25.0. The van der Waals surface area contributed by atoms with E-state index in [-0.39, 0.29) is 38.4 Å². The van der Waals surface area contributed by atoms with Crippen LogP contribution in [0.1, 0.15) is 5.56 Å². The van der Waals surface area contributed by atoms with Gasteiger partial charge in [0.05, 0.1) is 27.5 Å². The van der Waals surface area contributed by atoms with Gasteiger partial charge >= 0.3 is 0 Å². The Hall–Kier alpha value is -4.73. The summed E-state index contributed by atoms with van der Waals surface area (Å²) in [6.07, 6.45) is 1.43. The molecule has 16 heteroatoms. The molecule has 0 saturated carbocycles. The summed E-state index contributed by atoms with van der Waals surface area (Å²) >= 11 is 6.15. The number of ether oxygens (including phenoxy) is 1. The first-order valence-corrected chi connectivity index (χ1v) is 15.6. The van der Waals surface area contributed by atoms with Crippen molar-refractivity contribution < 1.29 is 31.3 Å². The molecule has 0 fully saturated rings.